The van der Waals surface area contributed by atoms with Crippen LogP contribution in [0.25, 0.3) is 0 Å². The van der Waals surface area contributed by atoms with Crippen molar-refractivity contribution in [3.63, 3.8) is 0 Å². The van der Waals surface area contributed by atoms with E-state index in [2.05, 4.69) is 26.6 Å². The van der Waals surface area contributed by atoms with E-state index in [1.807, 2.05) is 6.07 Å². The number of nitriles is 1. The average molecular weight is 385 g/mol. The molecule has 0 radical (unpaired) electrons. The zero-order valence-electron chi connectivity index (χ0n) is 10.5. The summed E-state index contributed by atoms with van der Waals surface area (Å²) in [6.45, 7) is 0. The topological polar surface area (TPSA) is 64.9 Å². The van der Waals surface area contributed by atoms with Crippen molar-refractivity contribution in [1.82, 2.24) is 0 Å². The van der Waals surface area contributed by atoms with Crippen LogP contribution in [0.5, 0.6) is 0 Å². The molecule has 0 atom stereocenters. The van der Waals surface area contributed by atoms with E-state index in [1.54, 1.807) is 30.3 Å². The fourth-order valence-electron chi connectivity index (χ4n) is 1.58. The molecule has 106 valence electrons. The first kappa shape index (κ1) is 15.6. The predicted molar refractivity (Wildman–Crippen MR) is 88.0 cm³/mol. The van der Waals surface area contributed by atoms with Gasteiger partial charge in [-0.15, -0.1) is 0 Å². The lowest BCUT2D eigenvalue weighted by Crippen LogP contribution is -2.20. The number of amides is 2. The summed E-state index contributed by atoms with van der Waals surface area (Å²) in [5.41, 5.74) is 1.27. The van der Waals surface area contributed by atoms with Gasteiger partial charge in [-0.25, -0.2) is 4.79 Å². The minimum atomic E-state index is -0.483. The van der Waals surface area contributed by atoms with E-state index < -0.39 is 6.03 Å². The first-order valence-electron chi connectivity index (χ1n) is 5.72. The van der Waals surface area contributed by atoms with Crippen molar-refractivity contribution in [2.24, 2.45) is 0 Å². The van der Waals surface area contributed by atoms with Gasteiger partial charge in [0.25, 0.3) is 0 Å². The highest BCUT2D eigenvalue weighted by atomic mass is 79.9. The monoisotopic (exact) mass is 383 g/mol. The Bertz CT molecular complexity index is 743. The quantitative estimate of drug-likeness (QED) is 0.740. The van der Waals surface area contributed by atoms with Crippen LogP contribution in [0.2, 0.25) is 10.0 Å². The van der Waals surface area contributed by atoms with E-state index in [9.17, 15) is 4.79 Å². The fourth-order valence-corrected chi connectivity index (χ4v) is 2.24. The maximum absolute atomic E-state index is 11.9. The molecule has 21 heavy (non-hydrogen) atoms. The minimum Gasteiger partial charge on any atom is -0.308 e. The van der Waals surface area contributed by atoms with Gasteiger partial charge in [0.1, 0.15) is 6.07 Å². The van der Waals surface area contributed by atoms with E-state index in [1.165, 1.54) is 6.07 Å². The van der Waals surface area contributed by atoms with Gasteiger partial charge in [-0.3, -0.25) is 0 Å². The van der Waals surface area contributed by atoms with Crippen molar-refractivity contribution in [2.45, 2.75) is 0 Å². The molecule has 0 heterocycles. The van der Waals surface area contributed by atoms with Crippen LogP contribution < -0.4 is 10.6 Å². The van der Waals surface area contributed by atoms with Crippen molar-refractivity contribution in [1.29, 1.82) is 5.26 Å². The molecule has 0 saturated heterocycles. The Morgan fingerprint density at radius 2 is 1.86 bits per heavy atom. The SMILES string of the molecule is N#Cc1ccc(Br)cc1NC(=O)Nc1ccc(Cl)c(Cl)c1. The number of hydrogen-bond acceptors (Lipinski definition) is 2. The van der Waals surface area contributed by atoms with Crippen LogP contribution in [0.15, 0.2) is 40.9 Å². The maximum Gasteiger partial charge on any atom is 0.323 e. The fraction of sp³-hybridized carbons (Fsp3) is 0. The largest absolute Gasteiger partial charge is 0.323 e. The Morgan fingerprint density at radius 3 is 2.52 bits per heavy atom. The van der Waals surface area contributed by atoms with Gasteiger partial charge in [0, 0.05) is 10.2 Å². The molecule has 0 unspecified atom stereocenters. The molecular weight excluding hydrogens is 377 g/mol. The molecule has 0 aromatic heterocycles. The zero-order valence-corrected chi connectivity index (χ0v) is 13.6. The number of urea groups is 1. The van der Waals surface area contributed by atoms with Crippen molar-refractivity contribution in [3.05, 3.63) is 56.5 Å². The van der Waals surface area contributed by atoms with E-state index in [0.717, 1.165) is 4.47 Å². The standard InChI is InChI=1S/C14H8BrCl2N3O/c15-9-2-1-8(7-18)13(5-9)20-14(21)19-10-3-4-11(16)12(17)6-10/h1-6H,(H2,19,20,21). The molecule has 2 rings (SSSR count). The third kappa shape index (κ3) is 4.11. The van der Waals surface area contributed by atoms with Gasteiger partial charge in [0.15, 0.2) is 0 Å². The van der Waals surface area contributed by atoms with Gasteiger partial charge in [-0.05, 0) is 36.4 Å². The number of benzene rings is 2. The molecular formula is C14H8BrCl2N3O. The average Bonchev–Trinajstić information content (AvgIpc) is 2.43. The second kappa shape index (κ2) is 6.81. The Kier molecular flexibility index (Phi) is 5.07. The van der Waals surface area contributed by atoms with Crippen LogP contribution in [-0.2, 0) is 0 Å². The Balaban J connectivity index is 2.13. The van der Waals surface area contributed by atoms with Gasteiger partial charge in [-0.1, -0.05) is 39.1 Å². The maximum atomic E-state index is 11.9. The Labute approximate surface area is 139 Å². The lowest BCUT2D eigenvalue weighted by atomic mass is 10.2. The molecule has 7 heteroatoms. The number of rotatable bonds is 2. The van der Waals surface area contributed by atoms with E-state index in [4.69, 9.17) is 28.5 Å². The highest BCUT2D eigenvalue weighted by molar-refractivity contribution is 9.10. The molecule has 2 N–H and O–H groups in total. The predicted octanol–water partition coefficient (Wildman–Crippen LogP) is 5.27. The van der Waals surface area contributed by atoms with Crippen molar-refractivity contribution in [3.8, 4) is 6.07 Å². The molecule has 0 aliphatic heterocycles. The smallest absolute Gasteiger partial charge is 0.308 e. The first-order valence-corrected chi connectivity index (χ1v) is 7.27. The number of hydrogen-bond donors (Lipinski definition) is 2. The van der Waals surface area contributed by atoms with Gasteiger partial charge >= 0.3 is 6.03 Å². The highest BCUT2D eigenvalue weighted by Gasteiger charge is 2.08. The molecule has 0 aliphatic rings. The molecule has 0 aliphatic carbocycles. The van der Waals surface area contributed by atoms with E-state index >= 15 is 0 Å². The minimum absolute atomic E-state index is 0.342. The van der Waals surface area contributed by atoms with Gasteiger partial charge in [0.2, 0.25) is 0 Å². The van der Waals surface area contributed by atoms with Crippen LogP contribution in [0.4, 0.5) is 16.2 Å². The summed E-state index contributed by atoms with van der Waals surface area (Å²) in [6, 6.07) is 11.2. The number of halogens is 3. The lowest BCUT2D eigenvalue weighted by molar-refractivity contribution is 0.262. The van der Waals surface area contributed by atoms with Crippen LogP contribution in [0, 0.1) is 11.3 Å². The number of carbonyl (C=O) groups is 1. The third-order valence-corrected chi connectivity index (χ3v) is 3.76. The summed E-state index contributed by atoms with van der Waals surface area (Å²) in [4.78, 5) is 11.9. The molecule has 0 saturated carbocycles. The molecule has 2 amide bonds. The van der Waals surface area contributed by atoms with Gasteiger partial charge in [-0.2, -0.15) is 5.26 Å². The van der Waals surface area contributed by atoms with Crippen LogP contribution >= 0.6 is 39.1 Å². The number of nitrogens with one attached hydrogen (secondary N) is 2. The van der Waals surface area contributed by atoms with Crippen molar-refractivity contribution < 1.29 is 4.79 Å². The molecule has 0 spiro atoms. The van der Waals surface area contributed by atoms with E-state index in [0.29, 0.717) is 27.0 Å². The number of nitrogens with zero attached hydrogens (tertiary/aromatic N) is 1. The van der Waals surface area contributed by atoms with Gasteiger partial charge in [0.05, 0.1) is 21.3 Å². The molecule has 4 nitrogen and oxygen atoms in total. The molecule has 2 aromatic rings. The second-order valence-electron chi connectivity index (χ2n) is 4.01. The van der Waals surface area contributed by atoms with Crippen LogP contribution in [0.3, 0.4) is 0 Å². The second-order valence-corrected chi connectivity index (χ2v) is 5.74. The molecule has 0 fully saturated rings. The van der Waals surface area contributed by atoms with Crippen LogP contribution in [-0.4, -0.2) is 6.03 Å². The summed E-state index contributed by atoms with van der Waals surface area (Å²) < 4.78 is 0.756. The zero-order chi connectivity index (χ0) is 15.4. The van der Waals surface area contributed by atoms with Crippen LogP contribution in [0.1, 0.15) is 5.56 Å². The summed E-state index contributed by atoms with van der Waals surface area (Å²) in [6.07, 6.45) is 0. The summed E-state index contributed by atoms with van der Waals surface area (Å²) in [7, 11) is 0. The highest BCUT2D eigenvalue weighted by Crippen LogP contribution is 2.25. The lowest BCUT2D eigenvalue weighted by Gasteiger charge is -2.10. The molecule has 0 bridgehead atoms. The van der Waals surface area contributed by atoms with E-state index in [-0.39, 0.29) is 0 Å². The number of anilines is 2. The third-order valence-electron chi connectivity index (χ3n) is 2.53. The van der Waals surface area contributed by atoms with Crippen molar-refractivity contribution >= 4 is 56.5 Å². The van der Waals surface area contributed by atoms with Crippen molar-refractivity contribution in [2.75, 3.05) is 10.6 Å². The summed E-state index contributed by atoms with van der Waals surface area (Å²) >= 11 is 15.0. The first-order chi connectivity index (χ1) is 9.99. The normalized spacial score (nSPS) is 9.81. The number of carbonyl (C=O) groups excluding carboxylic acids is 1. The Morgan fingerprint density at radius 1 is 1.10 bits per heavy atom. The Hall–Kier alpha value is -1.74. The van der Waals surface area contributed by atoms with Gasteiger partial charge < -0.3 is 10.6 Å². The molecule has 2 aromatic carbocycles. The summed E-state index contributed by atoms with van der Waals surface area (Å²) in [5.74, 6) is 0. The summed E-state index contributed by atoms with van der Waals surface area (Å²) in [5, 5.41) is 15.0.